The number of thioether (sulfide) groups is 1. The summed E-state index contributed by atoms with van der Waals surface area (Å²) in [5, 5.41) is 3.54. The smallest absolute Gasteiger partial charge is 0.293 e. The standard InChI is InChI=1S/C27H21Cl3N2O4S/c1-15-3-4-16(2)22(9-15)31-25(33)14-36-23-8-5-17(10-21(23)30)11-24-26(34)32(27(35)37-24)13-18-6-7-19(28)12-20(18)29/h3-12H,13-14H2,1-2H3,(H,31,33)/b24-11-. The van der Waals surface area contributed by atoms with Crippen LogP contribution in [0.15, 0.2) is 59.5 Å². The highest BCUT2D eigenvalue weighted by Gasteiger charge is 2.35. The van der Waals surface area contributed by atoms with Crippen molar-refractivity contribution in [2.24, 2.45) is 0 Å². The van der Waals surface area contributed by atoms with Gasteiger partial charge in [0.25, 0.3) is 17.1 Å². The fraction of sp³-hybridized carbons (Fsp3) is 0.148. The molecule has 0 saturated carbocycles. The van der Waals surface area contributed by atoms with Crippen molar-refractivity contribution in [1.29, 1.82) is 0 Å². The predicted octanol–water partition coefficient (Wildman–Crippen LogP) is 7.52. The molecule has 1 aliphatic rings. The highest BCUT2D eigenvalue weighted by molar-refractivity contribution is 8.18. The molecular weight excluding hydrogens is 555 g/mol. The number of carbonyl (C=O) groups is 3. The number of benzene rings is 3. The number of hydrogen-bond donors (Lipinski definition) is 1. The van der Waals surface area contributed by atoms with Crippen LogP contribution in [0.2, 0.25) is 15.1 Å². The van der Waals surface area contributed by atoms with E-state index < -0.39 is 11.1 Å². The van der Waals surface area contributed by atoms with Crippen molar-refractivity contribution >= 4 is 75.4 Å². The number of anilines is 1. The van der Waals surface area contributed by atoms with Crippen LogP contribution in [0.3, 0.4) is 0 Å². The lowest BCUT2D eigenvalue weighted by molar-refractivity contribution is -0.123. The van der Waals surface area contributed by atoms with Crippen molar-refractivity contribution in [3.05, 3.63) is 96.8 Å². The van der Waals surface area contributed by atoms with E-state index in [1.165, 1.54) is 0 Å². The number of carbonyl (C=O) groups excluding carboxylic acids is 3. The Balaban J connectivity index is 1.40. The van der Waals surface area contributed by atoms with Crippen LogP contribution in [0, 0.1) is 13.8 Å². The molecule has 3 amide bonds. The normalized spacial score (nSPS) is 14.4. The van der Waals surface area contributed by atoms with Gasteiger partial charge in [0.15, 0.2) is 6.61 Å². The molecule has 3 aromatic carbocycles. The van der Waals surface area contributed by atoms with Crippen LogP contribution in [-0.4, -0.2) is 28.6 Å². The van der Waals surface area contributed by atoms with Gasteiger partial charge in [-0.15, -0.1) is 0 Å². The summed E-state index contributed by atoms with van der Waals surface area (Å²) in [7, 11) is 0. The molecule has 37 heavy (non-hydrogen) atoms. The van der Waals surface area contributed by atoms with E-state index >= 15 is 0 Å². The van der Waals surface area contributed by atoms with Gasteiger partial charge < -0.3 is 10.1 Å². The summed E-state index contributed by atoms with van der Waals surface area (Å²) in [6, 6.07) is 15.6. The number of rotatable bonds is 7. The van der Waals surface area contributed by atoms with Gasteiger partial charge in [-0.2, -0.15) is 0 Å². The van der Waals surface area contributed by atoms with Crippen molar-refractivity contribution in [1.82, 2.24) is 4.90 Å². The third-order valence-corrected chi connectivity index (χ3v) is 7.29. The van der Waals surface area contributed by atoms with Gasteiger partial charge in [-0.25, -0.2) is 0 Å². The van der Waals surface area contributed by atoms with Crippen molar-refractivity contribution in [2.75, 3.05) is 11.9 Å². The molecule has 0 aliphatic carbocycles. The molecular formula is C27H21Cl3N2O4S. The fourth-order valence-electron chi connectivity index (χ4n) is 3.53. The summed E-state index contributed by atoms with van der Waals surface area (Å²) < 4.78 is 5.59. The quantitative estimate of drug-likeness (QED) is 0.295. The van der Waals surface area contributed by atoms with Gasteiger partial charge >= 0.3 is 0 Å². The first kappa shape index (κ1) is 27.1. The molecule has 1 aliphatic heterocycles. The van der Waals surface area contributed by atoms with E-state index in [0.29, 0.717) is 26.9 Å². The zero-order chi connectivity index (χ0) is 26.7. The number of aryl methyl sites for hydroxylation is 2. The minimum atomic E-state index is -0.430. The summed E-state index contributed by atoms with van der Waals surface area (Å²) in [6.07, 6.45) is 1.58. The largest absolute Gasteiger partial charge is 0.482 e. The maximum atomic E-state index is 12.9. The second-order valence-corrected chi connectivity index (χ2v) is 10.6. The Bertz CT molecular complexity index is 1440. The van der Waals surface area contributed by atoms with E-state index in [9.17, 15) is 14.4 Å². The van der Waals surface area contributed by atoms with Crippen LogP contribution in [0.25, 0.3) is 6.08 Å². The average Bonchev–Trinajstić information content (AvgIpc) is 3.09. The number of amides is 3. The van der Waals surface area contributed by atoms with Crippen molar-refractivity contribution < 1.29 is 19.1 Å². The Kier molecular flexibility index (Phi) is 8.49. The molecule has 0 spiro atoms. The molecule has 0 aromatic heterocycles. The van der Waals surface area contributed by atoms with E-state index in [-0.39, 0.29) is 29.0 Å². The van der Waals surface area contributed by atoms with Crippen LogP contribution in [0.4, 0.5) is 10.5 Å². The highest BCUT2D eigenvalue weighted by atomic mass is 35.5. The lowest BCUT2D eigenvalue weighted by Crippen LogP contribution is -2.27. The lowest BCUT2D eigenvalue weighted by Gasteiger charge is -2.13. The second kappa shape index (κ2) is 11.6. The van der Waals surface area contributed by atoms with Gasteiger partial charge in [0.05, 0.1) is 16.5 Å². The Morgan fingerprint density at radius 2 is 1.78 bits per heavy atom. The van der Waals surface area contributed by atoms with Crippen molar-refractivity contribution in [2.45, 2.75) is 20.4 Å². The van der Waals surface area contributed by atoms with E-state index in [0.717, 1.165) is 33.5 Å². The summed E-state index contributed by atoms with van der Waals surface area (Å²) in [4.78, 5) is 39.1. The van der Waals surface area contributed by atoms with Crippen LogP contribution >= 0.6 is 46.6 Å². The molecule has 0 radical (unpaired) electrons. The third-order valence-electron chi connectivity index (χ3n) is 5.50. The Morgan fingerprint density at radius 1 is 1.00 bits per heavy atom. The predicted molar refractivity (Wildman–Crippen MR) is 149 cm³/mol. The maximum Gasteiger partial charge on any atom is 0.293 e. The van der Waals surface area contributed by atoms with Crippen LogP contribution in [-0.2, 0) is 16.1 Å². The molecule has 6 nitrogen and oxygen atoms in total. The Morgan fingerprint density at radius 3 is 2.51 bits per heavy atom. The van der Waals surface area contributed by atoms with Gasteiger partial charge in [-0.1, -0.05) is 59.1 Å². The van der Waals surface area contributed by atoms with Gasteiger partial charge in [0.1, 0.15) is 5.75 Å². The van der Waals surface area contributed by atoms with E-state index in [1.807, 2.05) is 32.0 Å². The van der Waals surface area contributed by atoms with Gasteiger partial charge in [0, 0.05) is 15.7 Å². The molecule has 0 atom stereocenters. The minimum Gasteiger partial charge on any atom is -0.482 e. The number of nitrogens with zero attached hydrogens (tertiary/aromatic N) is 1. The number of nitrogens with one attached hydrogen (secondary N) is 1. The number of halogens is 3. The van der Waals surface area contributed by atoms with E-state index in [2.05, 4.69) is 5.32 Å². The van der Waals surface area contributed by atoms with Crippen LogP contribution in [0.5, 0.6) is 5.75 Å². The van der Waals surface area contributed by atoms with E-state index in [4.69, 9.17) is 39.5 Å². The molecule has 0 unspecified atom stereocenters. The average molecular weight is 576 g/mol. The summed E-state index contributed by atoms with van der Waals surface area (Å²) in [5.41, 5.74) is 3.92. The van der Waals surface area contributed by atoms with Gasteiger partial charge in [-0.05, 0) is 84.3 Å². The summed E-state index contributed by atoms with van der Waals surface area (Å²) in [5.74, 6) is -0.427. The molecule has 1 heterocycles. The molecule has 190 valence electrons. The molecule has 1 N–H and O–H groups in total. The molecule has 3 aromatic rings. The van der Waals surface area contributed by atoms with Crippen LogP contribution in [0.1, 0.15) is 22.3 Å². The van der Waals surface area contributed by atoms with Gasteiger partial charge in [0.2, 0.25) is 0 Å². The third kappa shape index (κ3) is 6.67. The van der Waals surface area contributed by atoms with Crippen molar-refractivity contribution in [3.8, 4) is 5.75 Å². The maximum absolute atomic E-state index is 12.9. The fourth-order valence-corrected chi connectivity index (χ4v) is 5.08. The van der Waals surface area contributed by atoms with E-state index in [1.54, 1.807) is 42.5 Å². The SMILES string of the molecule is Cc1ccc(C)c(NC(=O)COc2ccc(/C=C3\SC(=O)N(Cc4ccc(Cl)cc4Cl)C3=O)cc2Cl)c1. The first-order chi connectivity index (χ1) is 17.6. The zero-order valence-corrected chi connectivity index (χ0v) is 22.9. The number of imide groups is 1. The Labute approximate surface area is 233 Å². The second-order valence-electron chi connectivity index (χ2n) is 8.35. The van der Waals surface area contributed by atoms with Crippen molar-refractivity contribution in [3.63, 3.8) is 0 Å². The Hall–Kier alpha value is -2.97. The topological polar surface area (TPSA) is 75.7 Å². The highest BCUT2D eigenvalue weighted by Crippen LogP contribution is 2.35. The first-order valence-corrected chi connectivity index (χ1v) is 13.0. The minimum absolute atomic E-state index is 0.0374. The molecule has 1 saturated heterocycles. The summed E-state index contributed by atoms with van der Waals surface area (Å²) >= 11 is 19.3. The lowest BCUT2D eigenvalue weighted by atomic mass is 10.1. The molecule has 10 heteroatoms. The zero-order valence-electron chi connectivity index (χ0n) is 19.8. The van der Waals surface area contributed by atoms with Crippen LogP contribution < -0.4 is 10.1 Å². The number of ether oxygens (including phenoxy) is 1. The molecule has 4 rings (SSSR count). The molecule has 1 fully saturated rings. The first-order valence-electron chi connectivity index (χ1n) is 11.1. The summed E-state index contributed by atoms with van der Waals surface area (Å²) in [6.45, 7) is 3.67. The number of hydrogen-bond acceptors (Lipinski definition) is 5. The molecule has 0 bridgehead atoms. The van der Waals surface area contributed by atoms with Gasteiger partial charge in [-0.3, -0.25) is 19.3 Å². The monoisotopic (exact) mass is 574 g/mol.